The fraction of sp³-hybridized carbons (Fsp3) is 0.632. The van der Waals surface area contributed by atoms with Gasteiger partial charge in [-0.15, -0.1) is 0 Å². The van der Waals surface area contributed by atoms with Crippen molar-refractivity contribution in [2.24, 2.45) is 17.8 Å². The van der Waals surface area contributed by atoms with E-state index in [4.69, 9.17) is 11.6 Å². The standard InChI is InChI=1S/C19H26ClNO/c1-12(2)18-16-9-8-15(20)10-17(16)19(22)21(18)11-14-6-4-13(3)5-7-14/h8-10,12-14,18H,4-7,11H2,1-3H3/t13-,14-,18-/m0/s1. The number of rotatable bonds is 3. The molecular weight excluding hydrogens is 294 g/mol. The van der Waals surface area contributed by atoms with Crippen LogP contribution in [-0.4, -0.2) is 17.4 Å². The minimum Gasteiger partial charge on any atom is -0.331 e. The fourth-order valence-corrected chi connectivity index (χ4v) is 4.30. The molecule has 1 atom stereocenters. The largest absolute Gasteiger partial charge is 0.331 e. The van der Waals surface area contributed by atoms with Gasteiger partial charge in [-0.3, -0.25) is 4.79 Å². The third kappa shape index (κ3) is 2.90. The van der Waals surface area contributed by atoms with Gasteiger partial charge in [0.1, 0.15) is 0 Å². The van der Waals surface area contributed by atoms with Gasteiger partial charge < -0.3 is 4.90 Å². The van der Waals surface area contributed by atoms with Crippen LogP contribution in [0.15, 0.2) is 18.2 Å². The topological polar surface area (TPSA) is 20.3 Å². The van der Waals surface area contributed by atoms with Crippen LogP contribution in [0.5, 0.6) is 0 Å². The van der Waals surface area contributed by atoms with Crippen LogP contribution >= 0.6 is 11.6 Å². The molecule has 3 rings (SSSR count). The third-order valence-corrected chi connectivity index (χ3v) is 5.62. The highest BCUT2D eigenvalue weighted by Gasteiger charge is 2.39. The maximum absolute atomic E-state index is 12.9. The Balaban J connectivity index is 1.83. The molecule has 1 aromatic carbocycles. The fourth-order valence-electron chi connectivity index (χ4n) is 4.13. The first-order valence-electron chi connectivity index (χ1n) is 8.57. The van der Waals surface area contributed by atoms with Gasteiger partial charge in [0.15, 0.2) is 0 Å². The average molecular weight is 320 g/mol. The molecule has 1 fully saturated rings. The van der Waals surface area contributed by atoms with Crippen LogP contribution in [0.25, 0.3) is 0 Å². The SMILES string of the molecule is CC(C)[C@H]1c2ccc(Cl)cc2C(=O)N1C[C@H]1CC[C@H](C)CC1. The van der Waals surface area contributed by atoms with Crippen LogP contribution in [0, 0.1) is 17.8 Å². The molecule has 0 bridgehead atoms. The highest BCUT2D eigenvalue weighted by Crippen LogP contribution is 2.41. The number of nitrogens with zero attached hydrogens (tertiary/aromatic N) is 1. The zero-order valence-electron chi connectivity index (χ0n) is 13.8. The normalized spacial score (nSPS) is 28.3. The van der Waals surface area contributed by atoms with Crippen LogP contribution in [0.2, 0.25) is 5.02 Å². The van der Waals surface area contributed by atoms with Gasteiger partial charge in [-0.05, 0) is 48.3 Å². The summed E-state index contributed by atoms with van der Waals surface area (Å²) < 4.78 is 0. The van der Waals surface area contributed by atoms with Crippen LogP contribution < -0.4 is 0 Å². The molecule has 1 saturated carbocycles. The minimum atomic E-state index is 0.176. The first-order chi connectivity index (χ1) is 10.5. The Morgan fingerprint density at radius 1 is 1.23 bits per heavy atom. The number of halogens is 1. The van der Waals surface area contributed by atoms with Crippen LogP contribution in [0.3, 0.4) is 0 Å². The molecule has 1 aliphatic heterocycles. The van der Waals surface area contributed by atoms with Crippen molar-refractivity contribution in [1.29, 1.82) is 0 Å². The van der Waals surface area contributed by atoms with Crippen LogP contribution in [0.1, 0.15) is 68.4 Å². The summed E-state index contributed by atoms with van der Waals surface area (Å²) in [6.45, 7) is 7.65. The smallest absolute Gasteiger partial charge is 0.254 e. The second-order valence-corrected chi connectivity index (χ2v) is 7.94. The summed E-state index contributed by atoms with van der Waals surface area (Å²) in [6, 6.07) is 6.01. The number of amides is 1. The quantitative estimate of drug-likeness (QED) is 0.738. The van der Waals surface area contributed by atoms with E-state index >= 15 is 0 Å². The van der Waals surface area contributed by atoms with Gasteiger partial charge in [0.05, 0.1) is 6.04 Å². The van der Waals surface area contributed by atoms with E-state index in [1.54, 1.807) is 0 Å². The summed E-state index contributed by atoms with van der Waals surface area (Å²) in [4.78, 5) is 15.0. The minimum absolute atomic E-state index is 0.176. The lowest BCUT2D eigenvalue weighted by Gasteiger charge is -2.34. The summed E-state index contributed by atoms with van der Waals surface area (Å²) in [5, 5.41) is 0.656. The number of hydrogen-bond donors (Lipinski definition) is 0. The molecule has 1 aliphatic carbocycles. The molecule has 3 heteroatoms. The summed E-state index contributed by atoms with van der Waals surface area (Å²) in [6.07, 6.45) is 5.12. The van der Waals surface area contributed by atoms with E-state index in [1.165, 1.54) is 25.7 Å². The number of carbonyl (C=O) groups is 1. The number of benzene rings is 1. The van der Waals surface area contributed by atoms with Crippen molar-refractivity contribution >= 4 is 17.5 Å². The summed E-state index contributed by atoms with van der Waals surface area (Å²) in [5.41, 5.74) is 1.98. The third-order valence-electron chi connectivity index (χ3n) is 5.38. The first kappa shape index (κ1) is 15.9. The van der Waals surface area contributed by atoms with Crippen molar-refractivity contribution in [2.75, 3.05) is 6.54 Å². The highest BCUT2D eigenvalue weighted by atomic mass is 35.5. The Kier molecular flexibility index (Phi) is 4.49. The van der Waals surface area contributed by atoms with Gasteiger partial charge in [0.2, 0.25) is 0 Å². The van der Waals surface area contributed by atoms with Gasteiger partial charge in [-0.25, -0.2) is 0 Å². The Hall–Kier alpha value is -1.02. The molecule has 1 amide bonds. The van der Waals surface area contributed by atoms with E-state index in [0.717, 1.165) is 23.6 Å². The molecule has 0 unspecified atom stereocenters. The number of fused-ring (bicyclic) bond motifs is 1. The van der Waals surface area contributed by atoms with Gasteiger partial charge in [0, 0.05) is 17.1 Å². The number of carbonyl (C=O) groups excluding carboxylic acids is 1. The summed E-state index contributed by atoms with van der Waals surface area (Å²) in [5.74, 6) is 2.11. The van der Waals surface area contributed by atoms with E-state index in [2.05, 4.69) is 25.7 Å². The van der Waals surface area contributed by atoms with Gasteiger partial charge in [-0.2, -0.15) is 0 Å². The average Bonchev–Trinajstić information content (AvgIpc) is 2.74. The monoisotopic (exact) mass is 319 g/mol. The molecule has 0 aromatic heterocycles. The molecule has 22 heavy (non-hydrogen) atoms. The van der Waals surface area contributed by atoms with Crippen LogP contribution in [0.4, 0.5) is 0 Å². The molecule has 1 aromatic rings. The van der Waals surface area contributed by atoms with Crippen molar-refractivity contribution in [3.8, 4) is 0 Å². The molecule has 0 N–H and O–H groups in total. The Morgan fingerprint density at radius 2 is 1.91 bits per heavy atom. The summed E-state index contributed by atoms with van der Waals surface area (Å²) >= 11 is 6.10. The predicted molar refractivity (Wildman–Crippen MR) is 91.2 cm³/mol. The molecule has 120 valence electrons. The van der Waals surface area contributed by atoms with Crippen molar-refractivity contribution in [2.45, 2.75) is 52.5 Å². The van der Waals surface area contributed by atoms with Crippen molar-refractivity contribution in [1.82, 2.24) is 4.90 Å². The predicted octanol–water partition coefficient (Wildman–Crippen LogP) is 5.32. The lowest BCUT2D eigenvalue weighted by molar-refractivity contribution is 0.0614. The van der Waals surface area contributed by atoms with E-state index in [-0.39, 0.29) is 11.9 Å². The first-order valence-corrected chi connectivity index (χ1v) is 8.95. The lowest BCUT2D eigenvalue weighted by Crippen LogP contribution is -2.36. The van der Waals surface area contributed by atoms with Gasteiger partial charge >= 0.3 is 0 Å². The molecule has 2 aliphatic rings. The Bertz CT molecular complexity index is 561. The Labute approximate surface area is 138 Å². The maximum atomic E-state index is 12.9. The lowest BCUT2D eigenvalue weighted by atomic mass is 9.82. The van der Waals surface area contributed by atoms with Gasteiger partial charge in [0.25, 0.3) is 5.91 Å². The zero-order chi connectivity index (χ0) is 15.9. The van der Waals surface area contributed by atoms with E-state index < -0.39 is 0 Å². The maximum Gasteiger partial charge on any atom is 0.254 e. The van der Waals surface area contributed by atoms with Crippen molar-refractivity contribution in [3.05, 3.63) is 34.3 Å². The second kappa shape index (κ2) is 6.23. The zero-order valence-corrected chi connectivity index (χ0v) is 14.6. The molecule has 1 heterocycles. The molecular formula is C19H26ClNO. The van der Waals surface area contributed by atoms with E-state index in [1.807, 2.05) is 18.2 Å². The molecule has 0 radical (unpaired) electrons. The molecule has 0 saturated heterocycles. The van der Waals surface area contributed by atoms with Crippen molar-refractivity contribution < 1.29 is 4.79 Å². The van der Waals surface area contributed by atoms with Crippen molar-refractivity contribution in [3.63, 3.8) is 0 Å². The molecule has 2 nitrogen and oxygen atoms in total. The molecule has 0 spiro atoms. The highest BCUT2D eigenvalue weighted by molar-refractivity contribution is 6.31. The van der Waals surface area contributed by atoms with E-state index in [0.29, 0.717) is 16.9 Å². The second-order valence-electron chi connectivity index (χ2n) is 7.50. The van der Waals surface area contributed by atoms with E-state index in [9.17, 15) is 4.79 Å². The Morgan fingerprint density at radius 3 is 2.55 bits per heavy atom. The van der Waals surface area contributed by atoms with Crippen LogP contribution in [-0.2, 0) is 0 Å². The number of hydrogen-bond acceptors (Lipinski definition) is 1. The van der Waals surface area contributed by atoms with Gasteiger partial charge in [-0.1, -0.05) is 51.3 Å². The summed E-state index contributed by atoms with van der Waals surface area (Å²) in [7, 11) is 0.